The molecular weight excluding hydrogens is 357 g/mol. The van der Waals surface area contributed by atoms with Crippen molar-refractivity contribution in [2.24, 2.45) is 0 Å². The Balaban J connectivity index is 0. The average Bonchev–Trinajstić information content (AvgIpc) is 2.34. The van der Waals surface area contributed by atoms with Gasteiger partial charge in [0.05, 0.1) is 0 Å². The fourth-order valence-electron chi connectivity index (χ4n) is 2.29. The molecule has 0 heterocycles. The summed E-state index contributed by atoms with van der Waals surface area (Å²) in [4.78, 5) is 10.3. The zero-order valence-electron chi connectivity index (χ0n) is 12.3. The van der Waals surface area contributed by atoms with Gasteiger partial charge in [-0.3, -0.25) is 4.79 Å². The van der Waals surface area contributed by atoms with Crippen LogP contribution in [0.3, 0.4) is 0 Å². The van der Waals surface area contributed by atoms with Gasteiger partial charge >= 0.3 is 74.9 Å². The van der Waals surface area contributed by atoms with E-state index < -0.39 is 5.97 Å². The van der Waals surface area contributed by atoms with Crippen molar-refractivity contribution in [2.45, 2.75) is 96.8 Å². The van der Waals surface area contributed by atoms with E-state index in [0.717, 1.165) is 12.8 Å². The maximum absolute atomic E-state index is 10.3. The molecule has 0 atom stereocenters. The number of carbonyl (C=O) groups is 1. The molecule has 1 N–H and O–H groups in total. The van der Waals surface area contributed by atoms with Crippen molar-refractivity contribution in [3.63, 3.8) is 0 Å². The number of hydrogen-bond donors (Lipinski definition) is 1. The quantitative estimate of drug-likeness (QED) is 0.428. The predicted molar refractivity (Wildman–Crippen MR) is 85.1 cm³/mol. The molecule has 0 saturated carbocycles. The summed E-state index contributed by atoms with van der Waals surface area (Å²) in [7, 11) is 0. The summed E-state index contributed by atoms with van der Waals surface area (Å²) >= 11 is 0. The van der Waals surface area contributed by atoms with E-state index in [9.17, 15) is 4.79 Å². The molecule has 0 spiro atoms. The SMILES string of the molecule is CCCCCCCCCCCCCCCC(=O)O.[CsH]. The molecule has 0 unspecified atom stereocenters. The average molecular weight is 390 g/mol. The van der Waals surface area contributed by atoms with Crippen molar-refractivity contribution in [1.82, 2.24) is 0 Å². The van der Waals surface area contributed by atoms with Crippen molar-refractivity contribution in [3.05, 3.63) is 0 Å². The minimum absolute atomic E-state index is 0. The Morgan fingerprint density at radius 3 is 1.32 bits per heavy atom. The van der Waals surface area contributed by atoms with Crippen LogP contribution in [0, 0.1) is 0 Å². The third kappa shape index (κ3) is 22.0. The molecule has 2 nitrogen and oxygen atoms in total. The van der Waals surface area contributed by atoms with Crippen LogP contribution in [0.4, 0.5) is 0 Å². The van der Waals surface area contributed by atoms with Crippen LogP contribution in [0.5, 0.6) is 0 Å². The fourth-order valence-corrected chi connectivity index (χ4v) is 2.29. The fraction of sp³-hybridized carbons (Fsp3) is 0.938. The molecule has 3 heteroatoms. The molecule has 0 saturated heterocycles. The molecular formula is C16H33CsO2. The van der Waals surface area contributed by atoms with Gasteiger partial charge in [-0.1, -0.05) is 84.0 Å². The first-order valence-electron chi connectivity index (χ1n) is 7.99. The summed E-state index contributed by atoms with van der Waals surface area (Å²) in [5, 5.41) is 8.49. The number of rotatable bonds is 14. The van der Waals surface area contributed by atoms with E-state index in [0.29, 0.717) is 6.42 Å². The van der Waals surface area contributed by atoms with E-state index in [1.54, 1.807) is 0 Å². The summed E-state index contributed by atoms with van der Waals surface area (Å²) in [6.07, 6.45) is 17.3. The Morgan fingerprint density at radius 1 is 0.684 bits per heavy atom. The number of hydrogen-bond acceptors (Lipinski definition) is 1. The van der Waals surface area contributed by atoms with Crippen LogP contribution in [-0.2, 0) is 4.79 Å². The van der Waals surface area contributed by atoms with Gasteiger partial charge in [-0.2, -0.15) is 0 Å². The molecule has 0 rings (SSSR count). The molecule has 0 aromatic carbocycles. The number of unbranched alkanes of at least 4 members (excludes halogenated alkanes) is 12. The Kier molecular flexibility index (Phi) is 23.4. The molecule has 0 bridgehead atoms. The Morgan fingerprint density at radius 2 is 1.00 bits per heavy atom. The molecule has 0 aliphatic carbocycles. The summed E-state index contributed by atoms with van der Waals surface area (Å²) in [5.74, 6) is -0.655. The normalized spacial score (nSPS) is 10.2. The van der Waals surface area contributed by atoms with Gasteiger partial charge in [-0.25, -0.2) is 0 Å². The molecule has 0 fully saturated rings. The van der Waals surface area contributed by atoms with Crippen LogP contribution < -0.4 is 0 Å². The second kappa shape index (κ2) is 19.5. The van der Waals surface area contributed by atoms with Gasteiger partial charge in [-0.05, 0) is 6.42 Å². The standard InChI is InChI=1S/C16H32O2.Cs.H/c1-2-3-4-5-6-7-8-9-10-11-12-13-14-15-16(17)18;;/h2-15H2,1H3,(H,17,18);;. The predicted octanol–water partition coefficient (Wildman–Crippen LogP) is 4.90. The van der Waals surface area contributed by atoms with Gasteiger partial charge in [-0.15, -0.1) is 0 Å². The van der Waals surface area contributed by atoms with E-state index in [2.05, 4.69) is 6.92 Å². The topological polar surface area (TPSA) is 37.3 Å². The minimum atomic E-state index is -0.655. The molecule has 0 aromatic heterocycles. The van der Waals surface area contributed by atoms with Crippen LogP contribution in [0.1, 0.15) is 96.8 Å². The molecule has 110 valence electrons. The van der Waals surface area contributed by atoms with Crippen molar-refractivity contribution in [1.29, 1.82) is 0 Å². The van der Waals surface area contributed by atoms with Gasteiger partial charge in [0.1, 0.15) is 0 Å². The monoisotopic (exact) mass is 390 g/mol. The molecule has 0 aliphatic heterocycles. The van der Waals surface area contributed by atoms with Gasteiger partial charge in [0.2, 0.25) is 0 Å². The van der Waals surface area contributed by atoms with Crippen molar-refractivity contribution < 1.29 is 9.90 Å². The molecule has 0 amide bonds. The Hall–Kier alpha value is 1.52. The van der Waals surface area contributed by atoms with Crippen molar-refractivity contribution in [2.75, 3.05) is 0 Å². The van der Waals surface area contributed by atoms with E-state index in [4.69, 9.17) is 5.11 Å². The second-order valence-corrected chi connectivity index (χ2v) is 5.39. The zero-order valence-corrected chi connectivity index (χ0v) is 12.3. The molecule has 19 heavy (non-hydrogen) atoms. The van der Waals surface area contributed by atoms with Crippen molar-refractivity contribution in [3.8, 4) is 0 Å². The summed E-state index contributed by atoms with van der Waals surface area (Å²) in [5.41, 5.74) is 0. The van der Waals surface area contributed by atoms with Gasteiger partial charge in [0.15, 0.2) is 0 Å². The molecule has 0 aromatic rings. The van der Waals surface area contributed by atoms with E-state index in [1.807, 2.05) is 0 Å². The van der Waals surface area contributed by atoms with Gasteiger partial charge < -0.3 is 5.11 Å². The van der Waals surface area contributed by atoms with Crippen LogP contribution >= 0.6 is 0 Å². The number of carboxylic acid groups (broad SMARTS) is 1. The van der Waals surface area contributed by atoms with Crippen LogP contribution in [0.2, 0.25) is 0 Å². The van der Waals surface area contributed by atoms with E-state index >= 15 is 0 Å². The second-order valence-electron chi connectivity index (χ2n) is 5.39. The Labute approximate surface area is 178 Å². The van der Waals surface area contributed by atoms with Crippen LogP contribution in [0.25, 0.3) is 0 Å². The van der Waals surface area contributed by atoms with Gasteiger partial charge in [0, 0.05) is 6.42 Å². The van der Waals surface area contributed by atoms with Gasteiger partial charge in [0.25, 0.3) is 0 Å². The van der Waals surface area contributed by atoms with E-state index in [1.165, 1.54) is 70.6 Å². The maximum atomic E-state index is 10.3. The summed E-state index contributed by atoms with van der Waals surface area (Å²) in [6, 6.07) is 0. The Bertz CT molecular complexity index is 184. The summed E-state index contributed by atoms with van der Waals surface area (Å²) < 4.78 is 0. The first-order chi connectivity index (χ1) is 8.77. The third-order valence-corrected chi connectivity index (χ3v) is 3.49. The van der Waals surface area contributed by atoms with E-state index in [-0.39, 0.29) is 68.9 Å². The first kappa shape index (κ1) is 22.8. The molecule has 0 aliphatic rings. The first-order valence-corrected chi connectivity index (χ1v) is 7.99. The summed E-state index contributed by atoms with van der Waals surface area (Å²) in [6.45, 7) is 2.26. The van der Waals surface area contributed by atoms with Crippen LogP contribution in [0.15, 0.2) is 0 Å². The van der Waals surface area contributed by atoms with Crippen LogP contribution in [-0.4, -0.2) is 80.0 Å². The molecule has 0 radical (unpaired) electrons. The number of aliphatic carboxylic acids is 1. The number of carboxylic acids is 1. The third-order valence-electron chi connectivity index (χ3n) is 3.49. The van der Waals surface area contributed by atoms with Crippen molar-refractivity contribution >= 4 is 74.9 Å². The zero-order chi connectivity index (χ0) is 13.5.